The molecule has 0 fully saturated rings. The lowest BCUT2D eigenvalue weighted by atomic mass is 10.00. The van der Waals surface area contributed by atoms with Crippen LogP contribution in [0.25, 0.3) is 0 Å². The van der Waals surface area contributed by atoms with Gasteiger partial charge in [-0.3, -0.25) is 4.79 Å². The van der Waals surface area contributed by atoms with Gasteiger partial charge in [0.25, 0.3) is 5.91 Å². The zero-order valence-electron chi connectivity index (χ0n) is 11.3. The number of halogens is 2. The maximum Gasteiger partial charge on any atom is 0.259 e. The summed E-state index contributed by atoms with van der Waals surface area (Å²) in [6.07, 6.45) is 1.79. The predicted molar refractivity (Wildman–Crippen MR) is 82.3 cm³/mol. The van der Waals surface area contributed by atoms with Crippen molar-refractivity contribution in [1.29, 1.82) is 0 Å². The molecule has 0 radical (unpaired) electrons. The lowest BCUT2D eigenvalue weighted by Crippen LogP contribution is -2.35. The second-order valence-corrected chi connectivity index (χ2v) is 5.48. The molecule has 21 heavy (non-hydrogen) atoms. The van der Waals surface area contributed by atoms with Gasteiger partial charge in [0.05, 0.1) is 10.6 Å². The van der Waals surface area contributed by atoms with Crippen LogP contribution in [0.3, 0.4) is 0 Å². The normalized spacial score (nSPS) is 13.9. The quantitative estimate of drug-likeness (QED) is 0.817. The Balaban J connectivity index is 2.02. The van der Waals surface area contributed by atoms with Gasteiger partial charge in [0, 0.05) is 17.9 Å². The van der Waals surface area contributed by atoms with E-state index in [0.29, 0.717) is 17.8 Å². The van der Waals surface area contributed by atoms with Crippen LogP contribution in [0.15, 0.2) is 36.4 Å². The zero-order valence-corrected chi connectivity index (χ0v) is 12.0. The molecule has 0 aliphatic carbocycles. The highest BCUT2D eigenvalue weighted by Crippen LogP contribution is 2.31. The first-order valence-electron chi connectivity index (χ1n) is 6.71. The topological polar surface area (TPSA) is 46.3 Å². The van der Waals surface area contributed by atoms with Crippen LogP contribution in [0.5, 0.6) is 0 Å². The molecule has 3 nitrogen and oxygen atoms in total. The van der Waals surface area contributed by atoms with Crippen molar-refractivity contribution in [3.8, 4) is 0 Å². The molecule has 108 valence electrons. The number of amides is 1. The van der Waals surface area contributed by atoms with Crippen LogP contribution in [0.4, 0.5) is 15.8 Å². The van der Waals surface area contributed by atoms with Crippen molar-refractivity contribution in [3.05, 3.63) is 58.4 Å². The van der Waals surface area contributed by atoms with Crippen LogP contribution in [-0.2, 0) is 6.42 Å². The molecule has 0 atom stereocenters. The van der Waals surface area contributed by atoms with Crippen LogP contribution in [0, 0.1) is 5.82 Å². The molecule has 1 aliphatic heterocycles. The SMILES string of the molecule is Nc1ccc2c(c1)N(C(=O)c1ccc(F)cc1Cl)CCC2. The minimum absolute atomic E-state index is 0.121. The van der Waals surface area contributed by atoms with Crippen LogP contribution in [-0.4, -0.2) is 12.5 Å². The van der Waals surface area contributed by atoms with Crippen molar-refractivity contribution in [3.63, 3.8) is 0 Å². The van der Waals surface area contributed by atoms with E-state index in [1.807, 2.05) is 12.1 Å². The van der Waals surface area contributed by atoms with E-state index in [2.05, 4.69) is 0 Å². The van der Waals surface area contributed by atoms with Crippen molar-refractivity contribution in [2.24, 2.45) is 0 Å². The number of nitrogen functional groups attached to an aromatic ring is 1. The fraction of sp³-hybridized carbons (Fsp3) is 0.188. The molecule has 0 saturated heterocycles. The third-order valence-corrected chi connectivity index (χ3v) is 3.95. The van der Waals surface area contributed by atoms with Gasteiger partial charge in [-0.1, -0.05) is 17.7 Å². The minimum Gasteiger partial charge on any atom is -0.399 e. The van der Waals surface area contributed by atoms with Gasteiger partial charge < -0.3 is 10.6 Å². The third kappa shape index (κ3) is 2.59. The molecule has 2 aromatic carbocycles. The molecule has 2 aromatic rings. The number of hydrogen-bond acceptors (Lipinski definition) is 2. The van der Waals surface area contributed by atoms with E-state index >= 15 is 0 Å². The summed E-state index contributed by atoms with van der Waals surface area (Å²) in [6.45, 7) is 0.600. The lowest BCUT2D eigenvalue weighted by molar-refractivity contribution is 0.0985. The summed E-state index contributed by atoms with van der Waals surface area (Å²) in [7, 11) is 0. The molecule has 0 unspecified atom stereocenters. The molecule has 1 heterocycles. The second kappa shape index (κ2) is 5.37. The van der Waals surface area contributed by atoms with Crippen molar-refractivity contribution in [1.82, 2.24) is 0 Å². The van der Waals surface area contributed by atoms with Gasteiger partial charge in [0.1, 0.15) is 5.82 Å². The summed E-state index contributed by atoms with van der Waals surface area (Å²) in [5.41, 5.74) is 8.63. The van der Waals surface area contributed by atoms with Crippen molar-refractivity contribution in [2.45, 2.75) is 12.8 Å². The van der Waals surface area contributed by atoms with Crippen molar-refractivity contribution >= 4 is 28.9 Å². The monoisotopic (exact) mass is 304 g/mol. The maximum atomic E-state index is 13.1. The average Bonchev–Trinajstić information content (AvgIpc) is 2.46. The Labute approximate surface area is 127 Å². The van der Waals surface area contributed by atoms with E-state index in [-0.39, 0.29) is 10.9 Å². The van der Waals surface area contributed by atoms with Crippen LogP contribution < -0.4 is 10.6 Å². The van der Waals surface area contributed by atoms with Crippen LogP contribution in [0.1, 0.15) is 22.3 Å². The number of nitrogens with two attached hydrogens (primary N) is 1. The van der Waals surface area contributed by atoms with Gasteiger partial charge in [0.2, 0.25) is 0 Å². The summed E-state index contributed by atoms with van der Waals surface area (Å²) < 4.78 is 13.1. The summed E-state index contributed by atoms with van der Waals surface area (Å²) in [6, 6.07) is 9.38. The first-order chi connectivity index (χ1) is 10.1. The Bertz CT molecular complexity index is 717. The molecule has 0 spiro atoms. The summed E-state index contributed by atoms with van der Waals surface area (Å²) in [5, 5.41) is 0.121. The molecular weight excluding hydrogens is 291 g/mol. The number of rotatable bonds is 1. The molecule has 0 saturated carbocycles. The summed E-state index contributed by atoms with van der Waals surface area (Å²) in [4.78, 5) is 14.3. The Morgan fingerprint density at radius 1 is 1.24 bits per heavy atom. The van der Waals surface area contributed by atoms with Gasteiger partial charge in [0.15, 0.2) is 0 Å². The fourth-order valence-corrected chi connectivity index (χ4v) is 2.86. The standard InChI is InChI=1S/C16H14ClFN2O/c17-14-8-11(18)4-6-13(14)16(21)20-7-1-2-10-3-5-12(19)9-15(10)20/h3-6,8-9H,1-2,7,19H2. The molecular formula is C16H14ClFN2O. The minimum atomic E-state index is -0.458. The third-order valence-electron chi connectivity index (χ3n) is 3.63. The first-order valence-corrected chi connectivity index (χ1v) is 7.09. The highest BCUT2D eigenvalue weighted by Gasteiger charge is 2.25. The van der Waals surface area contributed by atoms with Crippen molar-refractivity contribution in [2.75, 3.05) is 17.2 Å². The van der Waals surface area contributed by atoms with E-state index in [0.717, 1.165) is 30.2 Å². The smallest absolute Gasteiger partial charge is 0.259 e. The van der Waals surface area contributed by atoms with E-state index in [1.165, 1.54) is 12.1 Å². The highest BCUT2D eigenvalue weighted by atomic mass is 35.5. The Hall–Kier alpha value is -2.07. The number of carbonyl (C=O) groups is 1. The zero-order chi connectivity index (χ0) is 15.0. The van der Waals surface area contributed by atoms with E-state index < -0.39 is 5.82 Å². The maximum absolute atomic E-state index is 13.1. The highest BCUT2D eigenvalue weighted by molar-refractivity contribution is 6.34. The first kappa shape index (κ1) is 13.9. The molecule has 1 amide bonds. The van der Waals surface area contributed by atoms with E-state index in [9.17, 15) is 9.18 Å². The van der Waals surface area contributed by atoms with E-state index in [1.54, 1.807) is 11.0 Å². The number of hydrogen-bond donors (Lipinski definition) is 1. The van der Waals surface area contributed by atoms with E-state index in [4.69, 9.17) is 17.3 Å². The predicted octanol–water partition coefficient (Wildman–Crippen LogP) is 3.65. The Morgan fingerprint density at radius 3 is 2.81 bits per heavy atom. The van der Waals surface area contributed by atoms with Crippen molar-refractivity contribution < 1.29 is 9.18 Å². The Kier molecular flexibility index (Phi) is 3.55. The van der Waals surface area contributed by atoms with Gasteiger partial charge in [-0.15, -0.1) is 0 Å². The Morgan fingerprint density at radius 2 is 2.05 bits per heavy atom. The average molecular weight is 305 g/mol. The molecule has 0 aromatic heterocycles. The molecule has 2 N–H and O–H groups in total. The number of carbonyl (C=O) groups excluding carboxylic acids is 1. The van der Waals surface area contributed by atoms with Gasteiger partial charge in [-0.05, 0) is 48.7 Å². The van der Waals surface area contributed by atoms with Gasteiger partial charge >= 0.3 is 0 Å². The number of anilines is 2. The number of nitrogens with zero attached hydrogens (tertiary/aromatic N) is 1. The molecule has 3 rings (SSSR count). The number of benzene rings is 2. The molecule has 0 bridgehead atoms. The van der Waals surface area contributed by atoms with Crippen LogP contribution >= 0.6 is 11.6 Å². The largest absolute Gasteiger partial charge is 0.399 e. The second-order valence-electron chi connectivity index (χ2n) is 5.07. The summed E-state index contributed by atoms with van der Waals surface area (Å²) >= 11 is 5.99. The van der Waals surface area contributed by atoms with Crippen LogP contribution in [0.2, 0.25) is 5.02 Å². The number of fused-ring (bicyclic) bond motifs is 1. The molecule has 1 aliphatic rings. The summed E-state index contributed by atoms with van der Waals surface area (Å²) in [5.74, 6) is -0.689. The fourth-order valence-electron chi connectivity index (χ4n) is 2.61. The van der Waals surface area contributed by atoms with Gasteiger partial charge in [-0.25, -0.2) is 4.39 Å². The molecule has 5 heteroatoms. The van der Waals surface area contributed by atoms with Gasteiger partial charge in [-0.2, -0.15) is 0 Å². The number of aryl methyl sites for hydroxylation is 1. The lowest BCUT2D eigenvalue weighted by Gasteiger charge is -2.30.